The highest BCUT2D eigenvalue weighted by molar-refractivity contribution is 7.71. The number of H-pyrrole nitrogens is 2. The number of rotatable bonds is 2. The van der Waals surface area contributed by atoms with Crippen molar-refractivity contribution in [3.63, 3.8) is 0 Å². The topological polar surface area (TPSA) is 57.4 Å². The first kappa shape index (κ1) is 13.6. The van der Waals surface area contributed by atoms with Gasteiger partial charge in [0.2, 0.25) is 4.77 Å². The van der Waals surface area contributed by atoms with Crippen LogP contribution in [0.25, 0.3) is 22.3 Å². The molecule has 0 spiro atoms. The molecule has 4 nitrogen and oxygen atoms in total. The maximum absolute atomic E-state index is 5.14. The molecule has 22 heavy (non-hydrogen) atoms. The fourth-order valence-corrected chi connectivity index (χ4v) is 3.44. The second-order valence-corrected chi connectivity index (χ2v) is 6.60. The number of benzene rings is 1. The minimum absolute atomic E-state index is 0.489. The van der Waals surface area contributed by atoms with E-state index >= 15 is 0 Å². The fraction of sp³-hybridized carbons (Fsp3) is 0.353. The van der Waals surface area contributed by atoms with Crippen molar-refractivity contribution >= 4 is 23.1 Å². The molecule has 0 radical (unpaired) electrons. The van der Waals surface area contributed by atoms with E-state index in [1.165, 1.54) is 27.8 Å². The number of hydrogen-bond donors (Lipinski definition) is 2. The van der Waals surface area contributed by atoms with E-state index < -0.39 is 0 Å². The van der Waals surface area contributed by atoms with Crippen molar-refractivity contribution in [3.05, 3.63) is 39.8 Å². The van der Waals surface area contributed by atoms with Gasteiger partial charge in [0.1, 0.15) is 0 Å². The molecule has 112 valence electrons. The summed E-state index contributed by atoms with van der Waals surface area (Å²) < 4.78 is 0.492. The summed E-state index contributed by atoms with van der Waals surface area (Å²) in [6.45, 7) is 4.42. The van der Waals surface area contributed by atoms with Crippen LogP contribution >= 0.6 is 12.2 Å². The van der Waals surface area contributed by atoms with Gasteiger partial charge < -0.3 is 0 Å². The number of nitrogens with zero attached hydrogens (tertiary/aromatic N) is 2. The monoisotopic (exact) mass is 310 g/mol. The van der Waals surface area contributed by atoms with E-state index in [9.17, 15) is 0 Å². The average molecular weight is 310 g/mol. The van der Waals surface area contributed by atoms with Crippen LogP contribution in [-0.2, 0) is 12.8 Å². The molecule has 3 aromatic rings. The molecule has 2 heterocycles. The summed E-state index contributed by atoms with van der Waals surface area (Å²) in [4.78, 5) is 9.33. The second-order valence-electron chi connectivity index (χ2n) is 6.21. The summed E-state index contributed by atoms with van der Waals surface area (Å²) in [6.07, 6.45) is 3.27. The van der Waals surface area contributed by atoms with E-state index in [4.69, 9.17) is 17.2 Å². The zero-order valence-electron chi connectivity index (χ0n) is 12.7. The normalized spacial score (nSPS) is 14.0. The van der Waals surface area contributed by atoms with Crippen LogP contribution < -0.4 is 0 Å². The van der Waals surface area contributed by atoms with Crippen LogP contribution in [0.4, 0.5) is 0 Å². The van der Waals surface area contributed by atoms with Crippen LogP contribution in [0, 0.1) is 4.77 Å². The van der Waals surface area contributed by atoms with Crippen molar-refractivity contribution in [1.29, 1.82) is 0 Å². The lowest BCUT2D eigenvalue weighted by Crippen LogP contribution is -1.98. The summed E-state index contributed by atoms with van der Waals surface area (Å²) in [6, 6.07) is 6.57. The summed E-state index contributed by atoms with van der Waals surface area (Å²) in [7, 11) is 0. The van der Waals surface area contributed by atoms with Gasteiger partial charge in [-0.1, -0.05) is 19.9 Å². The first-order chi connectivity index (χ1) is 10.6. The first-order valence-electron chi connectivity index (χ1n) is 7.74. The predicted molar refractivity (Wildman–Crippen MR) is 90.6 cm³/mol. The van der Waals surface area contributed by atoms with Crippen molar-refractivity contribution in [1.82, 2.24) is 20.2 Å². The van der Waals surface area contributed by atoms with E-state index in [0.717, 1.165) is 30.6 Å². The molecule has 1 aliphatic rings. The third-order valence-electron chi connectivity index (χ3n) is 4.44. The number of aromatic amines is 2. The van der Waals surface area contributed by atoms with E-state index in [1.807, 2.05) is 0 Å². The van der Waals surface area contributed by atoms with Crippen LogP contribution in [0.1, 0.15) is 43.0 Å². The highest BCUT2D eigenvalue weighted by Gasteiger charge is 2.22. The molecule has 0 bridgehead atoms. The Balaban J connectivity index is 2.09. The molecule has 0 saturated carbocycles. The minimum atomic E-state index is 0.489. The predicted octanol–water partition coefficient (Wildman–Crippen LogP) is 4.29. The van der Waals surface area contributed by atoms with Gasteiger partial charge in [-0.3, -0.25) is 15.2 Å². The van der Waals surface area contributed by atoms with E-state index in [1.54, 1.807) is 0 Å². The summed E-state index contributed by atoms with van der Waals surface area (Å²) in [5, 5.41) is 7.21. The van der Waals surface area contributed by atoms with Gasteiger partial charge in [0.25, 0.3) is 0 Å². The van der Waals surface area contributed by atoms with Crippen LogP contribution in [-0.4, -0.2) is 20.2 Å². The standard InChI is InChI=1S/C17H18N4S/c1-9(2)10-6-7-14-12(8-10)15(16-19-17(22)21-20-16)11-4-3-5-13(11)18-14/h6-9H,3-5H2,1-2H3,(H2,19,20,21,22). The molecule has 2 aromatic heterocycles. The zero-order chi connectivity index (χ0) is 15.3. The molecule has 4 rings (SSSR count). The summed E-state index contributed by atoms with van der Waals surface area (Å²) in [5.74, 6) is 1.32. The third-order valence-corrected chi connectivity index (χ3v) is 4.63. The molecular weight excluding hydrogens is 292 g/mol. The highest BCUT2D eigenvalue weighted by Crippen LogP contribution is 2.36. The molecule has 2 N–H and O–H groups in total. The number of hydrogen-bond acceptors (Lipinski definition) is 3. The van der Waals surface area contributed by atoms with Gasteiger partial charge in [-0.25, -0.2) is 0 Å². The molecule has 0 saturated heterocycles. The molecule has 0 fully saturated rings. The highest BCUT2D eigenvalue weighted by atomic mass is 32.1. The molecule has 0 atom stereocenters. The largest absolute Gasteiger partial charge is 0.282 e. The zero-order valence-corrected chi connectivity index (χ0v) is 13.5. The van der Waals surface area contributed by atoms with Crippen molar-refractivity contribution in [3.8, 4) is 11.4 Å². The van der Waals surface area contributed by atoms with E-state index in [0.29, 0.717) is 10.7 Å². The van der Waals surface area contributed by atoms with Gasteiger partial charge in [0, 0.05) is 16.6 Å². The lowest BCUT2D eigenvalue weighted by molar-refractivity contribution is 0.868. The van der Waals surface area contributed by atoms with Gasteiger partial charge >= 0.3 is 0 Å². The molecule has 1 aliphatic carbocycles. The first-order valence-corrected chi connectivity index (χ1v) is 8.15. The molecule has 0 aliphatic heterocycles. The minimum Gasteiger partial charge on any atom is -0.282 e. The van der Waals surface area contributed by atoms with Crippen molar-refractivity contribution in [2.24, 2.45) is 0 Å². The maximum atomic E-state index is 5.14. The second kappa shape index (κ2) is 5.02. The molecular formula is C17H18N4S. The molecule has 0 amide bonds. The number of aromatic nitrogens is 4. The van der Waals surface area contributed by atoms with Crippen LogP contribution in [0.15, 0.2) is 18.2 Å². The lowest BCUT2D eigenvalue weighted by atomic mass is 9.95. The molecule has 1 aromatic carbocycles. The summed E-state index contributed by atoms with van der Waals surface area (Å²) >= 11 is 5.14. The van der Waals surface area contributed by atoms with Gasteiger partial charge in [-0.15, -0.1) is 0 Å². The Bertz CT molecular complexity index is 920. The van der Waals surface area contributed by atoms with Crippen LogP contribution in [0.2, 0.25) is 0 Å². The SMILES string of the molecule is CC(C)c1ccc2nc3c(c(-c4nc(=S)[nH][nH]4)c2c1)CCC3. The van der Waals surface area contributed by atoms with Gasteiger partial charge in [-0.05, 0) is 60.7 Å². The van der Waals surface area contributed by atoms with E-state index in [2.05, 4.69) is 47.2 Å². The Kier molecular flexibility index (Phi) is 3.11. The van der Waals surface area contributed by atoms with Crippen molar-refractivity contribution in [2.75, 3.05) is 0 Å². The van der Waals surface area contributed by atoms with Gasteiger partial charge in [-0.2, -0.15) is 4.98 Å². The lowest BCUT2D eigenvalue weighted by Gasteiger charge is -2.13. The number of pyridine rings is 1. The quantitative estimate of drug-likeness (QED) is 0.694. The average Bonchev–Trinajstić information content (AvgIpc) is 3.12. The Labute approximate surface area is 134 Å². The van der Waals surface area contributed by atoms with E-state index in [-0.39, 0.29) is 0 Å². The number of fused-ring (bicyclic) bond motifs is 2. The number of nitrogens with one attached hydrogen (secondary N) is 2. The van der Waals surface area contributed by atoms with Gasteiger partial charge in [0.15, 0.2) is 5.82 Å². The van der Waals surface area contributed by atoms with Crippen LogP contribution in [0.5, 0.6) is 0 Å². The van der Waals surface area contributed by atoms with Gasteiger partial charge in [0.05, 0.1) is 5.52 Å². The summed E-state index contributed by atoms with van der Waals surface area (Å²) in [5.41, 5.74) is 6.07. The molecule has 0 unspecified atom stereocenters. The Morgan fingerprint density at radius 3 is 2.73 bits per heavy atom. The maximum Gasteiger partial charge on any atom is 0.213 e. The van der Waals surface area contributed by atoms with Crippen LogP contribution in [0.3, 0.4) is 0 Å². The number of aryl methyl sites for hydroxylation is 1. The third kappa shape index (κ3) is 2.08. The van der Waals surface area contributed by atoms with Crippen molar-refractivity contribution < 1.29 is 0 Å². The molecule has 5 heteroatoms. The Hall–Kier alpha value is -2.01. The van der Waals surface area contributed by atoms with Crippen molar-refractivity contribution in [2.45, 2.75) is 39.0 Å². The Morgan fingerprint density at radius 1 is 1.14 bits per heavy atom. The smallest absolute Gasteiger partial charge is 0.213 e. The Morgan fingerprint density at radius 2 is 2.00 bits per heavy atom. The fourth-order valence-electron chi connectivity index (χ4n) is 3.30.